The molecule has 1 aromatic heterocycles. The fourth-order valence-electron chi connectivity index (χ4n) is 0.895. The van der Waals surface area contributed by atoms with Gasteiger partial charge in [-0.15, -0.1) is 0 Å². The summed E-state index contributed by atoms with van der Waals surface area (Å²) in [5.74, 6) is 0. The van der Waals surface area contributed by atoms with Gasteiger partial charge < -0.3 is 5.73 Å². The Labute approximate surface area is 83.4 Å². The summed E-state index contributed by atoms with van der Waals surface area (Å²) in [4.78, 5) is 13.4. The smallest absolute Gasteiger partial charge is 0.396 e. The third kappa shape index (κ3) is 3.08. The van der Waals surface area contributed by atoms with Crippen molar-refractivity contribution >= 4 is 12.4 Å². The van der Waals surface area contributed by atoms with Crippen LogP contribution >= 0.6 is 0 Å². The Morgan fingerprint density at radius 1 is 1.40 bits per heavy atom. The van der Waals surface area contributed by atoms with Crippen LogP contribution in [0.2, 0.25) is 0 Å². The Balaban J connectivity index is 3.09. The van der Waals surface area contributed by atoms with Gasteiger partial charge in [0, 0.05) is 0 Å². The van der Waals surface area contributed by atoms with Gasteiger partial charge in [0.05, 0.1) is 11.4 Å². The predicted molar refractivity (Wildman–Crippen MR) is 47.5 cm³/mol. The Morgan fingerprint density at radius 3 is 2.60 bits per heavy atom. The predicted octanol–water partition coefficient (Wildman–Crippen LogP) is 1.60. The van der Waals surface area contributed by atoms with Crippen molar-refractivity contribution in [2.45, 2.75) is 6.18 Å². The molecule has 1 aromatic rings. The van der Waals surface area contributed by atoms with E-state index in [1.54, 1.807) is 0 Å². The molecule has 0 amide bonds. The molecule has 0 unspecified atom stereocenters. The molecule has 0 spiro atoms. The lowest BCUT2D eigenvalue weighted by Gasteiger charge is -2.05. The molecule has 0 atom stereocenters. The van der Waals surface area contributed by atoms with Crippen molar-refractivity contribution in [2.24, 2.45) is 5.73 Å². The average Bonchev–Trinajstić information content (AvgIpc) is 2.17. The minimum atomic E-state index is -4.50. The van der Waals surface area contributed by atoms with Crippen LogP contribution in [-0.4, -0.2) is 11.3 Å². The average molecular weight is 216 g/mol. The van der Waals surface area contributed by atoms with E-state index < -0.39 is 11.9 Å². The van der Waals surface area contributed by atoms with Gasteiger partial charge in [-0.1, -0.05) is 6.07 Å². The van der Waals surface area contributed by atoms with Gasteiger partial charge in [0.15, 0.2) is 6.29 Å². The Hall–Kier alpha value is -1.85. The molecule has 3 nitrogen and oxygen atoms in total. The van der Waals surface area contributed by atoms with E-state index in [0.29, 0.717) is 6.29 Å². The van der Waals surface area contributed by atoms with Gasteiger partial charge in [-0.2, -0.15) is 13.2 Å². The lowest BCUT2D eigenvalue weighted by molar-refractivity contribution is -0.141. The second-order valence-corrected chi connectivity index (χ2v) is 2.71. The molecule has 15 heavy (non-hydrogen) atoms. The first kappa shape index (κ1) is 11.2. The highest BCUT2D eigenvalue weighted by Crippen LogP contribution is 2.27. The molecule has 1 heterocycles. The maximum atomic E-state index is 12.2. The number of nitrogens with two attached hydrogens (primary N) is 1. The van der Waals surface area contributed by atoms with E-state index in [2.05, 4.69) is 4.98 Å². The number of carbonyl (C=O) groups is 1. The first-order chi connectivity index (χ1) is 6.93. The van der Waals surface area contributed by atoms with E-state index in [0.717, 1.165) is 12.1 Å². The highest BCUT2D eigenvalue weighted by Gasteiger charge is 2.32. The summed E-state index contributed by atoms with van der Waals surface area (Å²) >= 11 is 0. The number of pyridine rings is 1. The summed E-state index contributed by atoms with van der Waals surface area (Å²) in [6.45, 7) is 0. The van der Waals surface area contributed by atoms with Crippen molar-refractivity contribution in [3.05, 3.63) is 35.3 Å². The second-order valence-electron chi connectivity index (χ2n) is 2.71. The van der Waals surface area contributed by atoms with Crippen LogP contribution in [0.5, 0.6) is 0 Å². The Bertz CT molecular complexity index is 399. The summed E-state index contributed by atoms with van der Waals surface area (Å²) in [6.07, 6.45) is -3.09. The number of halogens is 3. The van der Waals surface area contributed by atoms with Gasteiger partial charge >= 0.3 is 6.18 Å². The summed E-state index contributed by atoms with van der Waals surface area (Å²) in [5.41, 5.74) is 3.93. The molecule has 0 aromatic carbocycles. The van der Waals surface area contributed by atoms with Crippen molar-refractivity contribution in [2.75, 3.05) is 0 Å². The van der Waals surface area contributed by atoms with Crippen molar-refractivity contribution in [1.82, 2.24) is 4.98 Å². The highest BCUT2D eigenvalue weighted by molar-refractivity contribution is 5.79. The summed E-state index contributed by atoms with van der Waals surface area (Å²) < 4.78 is 36.6. The Morgan fingerprint density at radius 2 is 2.07 bits per heavy atom. The van der Waals surface area contributed by atoms with Crippen LogP contribution in [0.4, 0.5) is 13.2 Å². The lowest BCUT2D eigenvalue weighted by atomic mass is 10.2. The molecule has 0 radical (unpaired) electrons. The van der Waals surface area contributed by atoms with Crippen molar-refractivity contribution < 1.29 is 18.0 Å². The van der Waals surface area contributed by atoms with Gasteiger partial charge in [0.25, 0.3) is 0 Å². The monoisotopic (exact) mass is 216 g/mol. The van der Waals surface area contributed by atoms with E-state index in [1.165, 1.54) is 12.1 Å². The fourth-order valence-corrected chi connectivity index (χ4v) is 0.895. The summed E-state index contributed by atoms with van der Waals surface area (Å²) in [6, 6.07) is 3.36. The molecular formula is C9H7F3N2O. The molecule has 0 saturated carbocycles. The number of aromatic nitrogens is 1. The molecule has 0 aliphatic carbocycles. The fraction of sp³-hybridized carbons (Fsp3) is 0.111. The van der Waals surface area contributed by atoms with Gasteiger partial charge in [-0.05, 0) is 18.2 Å². The van der Waals surface area contributed by atoms with Crippen LogP contribution in [0.3, 0.4) is 0 Å². The minimum absolute atomic E-state index is 0.00516. The van der Waals surface area contributed by atoms with Crippen LogP contribution < -0.4 is 5.73 Å². The molecule has 0 aliphatic rings. The zero-order valence-electron chi connectivity index (χ0n) is 7.45. The highest BCUT2D eigenvalue weighted by atomic mass is 19.4. The lowest BCUT2D eigenvalue weighted by Crippen LogP contribution is -2.08. The van der Waals surface area contributed by atoms with Gasteiger partial charge in [-0.3, -0.25) is 4.79 Å². The maximum Gasteiger partial charge on any atom is 0.433 e. The van der Waals surface area contributed by atoms with Crippen molar-refractivity contribution in [1.29, 1.82) is 0 Å². The summed E-state index contributed by atoms with van der Waals surface area (Å²) in [7, 11) is 0. The first-order valence-corrected chi connectivity index (χ1v) is 3.90. The van der Waals surface area contributed by atoms with E-state index in [9.17, 15) is 18.0 Å². The van der Waals surface area contributed by atoms with E-state index >= 15 is 0 Å². The van der Waals surface area contributed by atoms with Crippen LogP contribution in [0.15, 0.2) is 23.9 Å². The molecule has 0 saturated heterocycles. The van der Waals surface area contributed by atoms with E-state index in [4.69, 9.17) is 5.73 Å². The van der Waals surface area contributed by atoms with Crippen LogP contribution in [-0.2, 0) is 11.0 Å². The first-order valence-electron chi connectivity index (χ1n) is 3.90. The van der Waals surface area contributed by atoms with Crippen LogP contribution in [0.25, 0.3) is 6.08 Å². The number of rotatable bonds is 2. The largest absolute Gasteiger partial charge is 0.433 e. The van der Waals surface area contributed by atoms with E-state index in [1.807, 2.05) is 0 Å². The molecule has 2 N–H and O–H groups in total. The number of carbonyl (C=O) groups excluding carboxylic acids is 1. The molecule has 1 rings (SSSR count). The number of hydrogen-bond donors (Lipinski definition) is 1. The molecule has 0 fully saturated rings. The number of aldehydes is 1. The Kier molecular flexibility index (Phi) is 3.08. The number of allylic oxidation sites excluding steroid dienone is 1. The van der Waals surface area contributed by atoms with Gasteiger partial charge in [0.2, 0.25) is 0 Å². The normalized spacial score (nSPS) is 12.6. The third-order valence-corrected chi connectivity index (χ3v) is 1.51. The van der Waals surface area contributed by atoms with Gasteiger partial charge in [-0.25, -0.2) is 4.98 Å². The molecule has 6 heteroatoms. The molecular weight excluding hydrogens is 209 g/mol. The standard InChI is InChI=1S/C9H7F3N2O/c10-9(11,12)8-3-1-2-7(14-8)4-6(13)5-15/h1-5H,13H2/b6-4-. The second kappa shape index (κ2) is 4.12. The van der Waals surface area contributed by atoms with Crippen molar-refractivity contribution in [3.63, 3.8) is 0 Å². The van der Waals surface area contributed by atoms with E-state index in [-0.39, 0.29) is 11.4 Å². The molecule has 80 valence electrons. The quantitative estimate of drug-likeness (QED) is 0.603. The molecule has 0 aliphatic heterocycles. The third-order valence-electron chi connectivity index (χ3n) is 1.51. The number of alkyl halides is 3. The number of nitrogens with zero attached hydrogens (tertiary/aromatic N) is 1. The minimum Gasteiger partial charge on any atom is -0.396 e. The van der Waals surface area contributed by atoms with Gasteiger partial charge in [0.1, 0.15) is 5.69 Å². The zero-order chi connectivity index (χ0) is 11.5. The zero-order valence-corrected chi connectivity index (χ0v) is 7.45. The van der Waals surface area contributed by atoms with Crippen LogP contribution in [0, 0.1) is 0 Å². The summed E-state index contributed by atoms with van der Waals surface area (Å²) in [5, 5.41) is 0. The topological polar surface area (TPSA) is 56.0 Å². The molecule has 0 bridgehead atoms. The maximum absolute atomic E-state index is 12.2. The van der Waals surface area contributed by atoms with Crippen LogP contribution in [0.1, 0.15) is 11.4 Å². The van der Waals surface area contributed by atoms with Crippen molar-refractivity contribution in [3.8, 4) is 0 Å². The number of hydrogen-bond acceptors (Lipinski definition) is 3. The SMILES string of the molecule is N/C(C=O)=C\c1cccc(C(F)(F)F)n1.